The Morgan fingerprint density at radius 2 is 2.27 bits per heavy atom. The van der Waals surface area contributed by atoms with Crippen molar-refractivity contribution in [1.82, 2.24) is 15.5 Å². The second-order valence-electron chi connectivity index (χ2n) is 5.68. The molecule has 0 saturated carbocycles. The number of furan rings is 1. The number of nitrogens with zero attached hydrogens (tertiary/aromatic N) is 1. The van der Waals surface area contributed by atoms with Crippen LogP contribution in [0.5, 0.6) is 0 Å². The minimum atomic E-state index is -0.217. The topological polar surface area (TPSA) is 74.6 Å². The van der Waals surface area contributed by atoms with E-state index in [0.29, 0.717) is 19.5 Å². The molecule has 0 bridgehead atoms. The molecule has 2 rings (SSSR count). The van der Waals surface area contributed by atoms with Crippen molar-refractivity contribution in [2.75, 3.05) is 19.6 Å². The molecule has 0 aliphatic carbocycles. The molecule has 2 N–H and O–H groups in total. The highest BCUT2D eigenvalue weighted by Crippen LogP contribution is 2.12. The number of rotatable bonds is 6. The normalized spacial score (nSPS) is 17.0. The molecule has 6 nitrogen and oxygen atoms in total. The molecule has 1 fully saturated rings. The summed E-state index contributed by atoms with van der Waals surface area (Å²) in [5.74, 6) is 0.971. The Hall–Kier alpha value is -1.98. The fourth-order valence-corrected chi connectivity index (χ4v) is 2.60. The third kappa shape index (κ3) is 5.09. The van der Waals surface area contributed by atoms with Gasteiger partial charge in [-0.15, -0.1) is 0 Å². The van der Waals surface area contributed by atoms with Crippen molar-refractivity contribution in [1.29, 1.82) is 0 Å². The molecule has 1 aliphatic rings. The second kappa shape index (κ2) is 8.46. The molecule has 6 heteroatoms. The van der Waals surface area contributed by atoms with E-state index in [1.54, 1.807) is 12.3 Å². The zero-order valence-electron chi connectivity index (χ0n) is 13.1. The van der Waals surface area contributed by atoms with Crippen LogP contribution in [-0.4, -0.2) is 36.5 Å². The van der Waals surface area contributed by atoms with Crippen LogP contribution in [0.3, 0.4) is 0 Å². The zero-order chi connectivity index (χ0) is 15.8. The Morgan fingerprint density at radius 3 is 3.05 bits per heavy atom. The maximum atomic E-state index is 11.8. The van der Waals surface area contributed by atoms with Crippen LogP contribution in [0.15, 0.2) is 22.8 Å². The highest BCUT2D eigenvalue weighted by atomic mass is 16.3. The Bertz CT molecular complexity index is 473. The number of hydrogen-bond donors (Lipinski definition) is 2. The summed E-state index contributed by atoms with van der Waals surface area (Å²) in [6, 6.07) is 3.24. The lowest BCUT2D eigenvalue weighted by atomic mass is 10.2. The maximum absolute atomic E-state index is 11.8. The summed E-state index contributed by atoms with van der Waals surface area (Å²) in [6.07, 6.45) is 6.24. The van der Waals surface area contributed by atoms with Gasteiger partial charge in [-0.2, -0.15) is 0 Å². The summed E-state index contributed by atoms with van der Waals surface area (Å²) in [6.45, 7) is 3.99. The highest BCUT2D eigenvalue weighted by Gasteiger charge is 2.16. The van der Waals surface area contributed by atoms with E-state index < -0.39 is 0 Å². The fourth-order valence-electron chi connectivity index (χ4n) is 2.60. The van der Waals surface area contributed by atoms with Crippen LogP contribution in [0.25, 0.3) is 0 Å². The van der Waals surface area contributed by atoms with Crippen molar-refractivity contribution in [3.63, 3.8) is 0 Å². The molecule has 1 aromatic heterocycles. The van der Waals surface area contributed by atoms with Gasteiger partial charge < -0.3 is 20.0 Å². The van der Waals surface area contributed by atoms with Crippen molar-refractivity contribution in [2.45, 2.75) is 45.1 Å². The first kappa shape index (κ1) is 16.4. The van der Waals surface area contributed by atoms with Crippen LogP contribution >= 0.6 is 0 Å². The lowest BCUT2D eigenvalue weighted by molar-refractivity contribution is -0.130. The van der Waals surface area contributed by atoms with Crippen molar-refractivity contribution in [3.8, 4) is 0 Å². The molecule has 3 amide bonds. The zero-order valence-corrected chi connectivity index (χ0v) is 13.1. The van der Waals surface area contributed by atoms with Gasteiger partial charge in [0, 0.05) is 26.1 Å². The number of hydrogen-bond acceptors (Lipinski definition) is 3. The summed E-state index contributed by atoms with van der Waals surface area (Å²) in [5, 5.41) is 5.63. The van der Waals surface area contributed by atoms with Crippen LogP contribution in [0.4, 0.5) is 4.79 Å². The van der Waals surface area contributed by atoms with E-state index in [9.17, 15) is 9.59 Å². The number of carbonyl (C=O) groups is 2. The predicted octanol–water partition coefficient (Wildman–Crippen LogP) is 2.43. The van der Waals surface area contributed by atoms with Crippen LogP contribution < -0.4 is 10.6 Å². The molecule has 2 heterocycles. The van der Waals surface area contributed by atoms with Gasteiger partial charge in [0.15, 0.2) is 0 Å². The van der Waals surface area contributed by atoms with Gasteiger partial charge in [0.05, 0.1) is 12.3 Å². The van der Waals surface area contributed by atoms with Gasteiger partial charge in [-0.25, -0.2) is 4.79 Å². The highest BCUT2D eigenvalue weighted by molar-refractivity contribution is 5.76. The summed E-state index contributed by atoms with van der Waals surface area (Å²) in [5.41, 5.74) is 0. The molecule has 1 aromatic rings. The first-order chi connectivity index (χ1) is 10.7. The SMILES string of the molecule is CC(NC(=O)NCCCN1CCCCCC1=O)c1ccco1. The number of carbonyl (C=O) groups excluding carboxylic acids is 2. The van der Waals surface area contributed by atoms with Gasteiger partial charge in [0.2, 0.25) is 5.91 Å². The Balaban J connectivity index is 1.61. The molecular formula is C16H25N3O3. The third-order valence-corrected chi connectivity index (χ3v) is 3.88. The van der Waals surface area contributed by atoms with Crippen LogP contribution in [0.1, 0.15) is 50.8 Å². The van der Waals surface area contributed by atoms with E-state index in [2.05, 4.69) is 10.6 Å². The van der Waals surface area contributed by atoms with Gasteiger partial charge in [-0.1, -0.05) is 6.42 Å². The third-order valence-electron chi connectivity index (χ3n) is 3.88. The molecule has 0 radical (unpaired) electrons. The minimum Gasteiger partial charge on any atom is -0.467 e. The first-order valence-corrected chi connectivity index (χ1v) is 8.02. The smallest absolute Gasteiger partial charge is 0.315 e. The molecular weight excluding hydrogens is 282 g/mol. The number of amides is 3. The molecule has 22 heavy (non-hydrogen) atoms. The summed E-state index contributed by atoms with van der Waals surface area (Å²) >= 11 is 0. The average molecular weight is 307 g/mol. The van der Waals surface area contributed by atoms with E-state index in [-0.39, 0.29) is 18.0 Å². The standard InChI is InChI=1S/C16H25N3O3/c1-13(14-7-5-12-22-14)18-16(21)17-9-6-11-19-10-4-2-3-8-15(19)20/h5,7,12-13H,2-4,6,8-11H2,1H3,(H2,17,18,21). The van der Waals surface area contributed by atoms with Crippen LogP contribution in [-0.2, 0) is 4.79 Å². The van der Waals surface area contributed by atoms with Gasteiger partial charge in [-0.3, -0.25) is 4.79 Å². The molecule has 0 aromatic carbocycles. The first-order valence-electron chi connectivity index (χ1n) is 8.02. The van der Waals surface area contributed by atoms with Crippen molar-refractivity contribution in [2.24, 2.45) is 0 Å². The molecule has 1 aliphatic heterocycles. The van der Waals surface area contributed by atoms with Gasteiger partial charge in [-0.05, 0) is 38.3 Å². The Labute approximate surface area is 131 Å². The summed E-state index contributed by atoms with van der Waals surface area (Å²) in [4.78, 5) is 25.5. The monoisotopic (exact) mass is 307 g/mol. The fraction of sp³-hybridized carbons (Fsp3) is 0.625. The summed E-state index contributed by atoms with van der Waals surface area (Å²) < 4.78 is 5.24. The largest absolute Gasteiger partial charge is 0.467 e. The van der Waals surface area contributed by atoms with E-state index in [4.69, 9.17) is 4.42 Å². The lowest BCUT2D eigenvalue weighted by Crippen LogP contribution is -2.39. The lowest BCUT2D eigenvalue weighted by Gasteiger charge is -2.20. The van der Waals surface area contributed by atoms with Gasteiger partial charge in [0.25, 0.3) is 0 Å². The van der Waals surface area contributed by atoms with Crippen molar-refractivity contribution in [3.05, 3.63) is 24.2 Å². The molecule has 1 unspecified atom stereocenters. The number of nitrogens with one attached hydrogen (secondary N) is 2. The van der Waals surface area contributed by atoms with Gasteiger partial charge in [0.1, 0.15) is 5.76 Å². The second-order valence-corrected chi connectivity index (χ2v) is 5.68. The van der Waals surface area contributed by atoms with Crippen molar-refractivity contribution < 1.29 is 14.0 Å². The van der Waals surface area contributed by atoms with E-state index in [0.717, 1.165) is 38.0 Å². The van der Waals surface area contributed by atoms with Gasteiger partial charge >= 0.3 is 6.03 Å². The average Bonchev–Trinajstić information content (AvgIpc) is 2.95. The summed E-state index contributed by atoms with van der Waals surface area (Å²) in [7, 11) is 0. The maximum Gasteiger partial charge on any atom is 0.315 e. The number of urea groups is 1. The van der Waals surface area contributed by atoms with Crippen molar-refractivity contribution >= 4 is 11.9 Å². The Morgan fingerprint density at radius 1 is 1.41 bits per heavy atom. The molecule has 122 valence electrons. The Kier molecular flexibility index (Phi) is 6.30. The molecule has 1 atom stereocenters. The van der Waals surface area contributed by atoms with Crippen LogP contribution in [0, 0.1) is 0 Å². The molecule has 0 spiro atoms. The molecule has 1 saturated heterocycles. The minimum absolute atomic E-state index is 0.165. The van der Waals surface area contributed by atoms with E-state index in [1.165, 1.54) is 0 Å². The van der Waals surface area contributed by atoms with E-state index >= 15 is 0 Å². The van der Waals surface area contributed by atoms with E-state index in [1.807, 2.05) is 17.9 Å². The van der Waals surface area contributed by atoms with Crippen LogP contribution in [0.2, 0.25) is 0 Å². The quantitative estimate of drug-likeness (QED) is 0.793. The number of likely N-dealkylation sites (tertiary alicyclic amines) is 1. The predicted molar refractivity (Wildman–Crippen MR) is 83.3 cm³/mol.